The normalized spacial score (nSPS) is 12.6. The summed E-state index contributed by atoms with van der Waals surface area (Å²) in [5, 5.41) is 5.97. The van der Waals surface area contributed by atoms with Crippen LogP contribution >= 0.6 is 11.6 Å². The van der Waals surface area contributed by atoms with Gasteiger partial charge in [0.25, 0.3) is 5.91 Å². The molecule has 0 fully saturated rings. The molecule has 43 heavy (non-hydrogen) atoms. The predicted octanol–water partition coefficient (Wildman–Crippen LogP) is 6.59. The SMILES string of the molecule is CCCCCCCN(C(=O)C(CCC(N)=O)NC(=O)OC(C)(C)C)C(C(=O)Nc1c(C)cccc1Cl)c1ccccc1C. The maximum absolute atomic E-state index is 14.4. The number of rotatable bonds is 15. The Morgan fingerprint density at radius 1 is 0.953 bits per heavy atom. The molecule has 2 atom stereocenters. The van der Waals surface area contributed by atoms with Gasteiger partial charge in [-0.3, -0.25) is 14.4 Å². The quantitative estimate of drug-likeness (QED) is 0.195. The summed E-state index contributed by atoms with van der Waals surface area (Å²) in [5.41, 5.74) is 7.30. The number of hydrogen-bond donors (Lipinski definition) is 3. The van der Waals surface area contributed by atoms with Gasteiger partial charge in [-0.25, -0.2) is 4.79 Å². The summed E-state index contributed by atoms with van der Waals surface area (Å²) in [7, 11) is 0. The zero-order valence-electron chi connectivity index (χ0n) is 26.3. The topological polar surface area (TPSA) is 131 Å². The van der Waals surface area contributed by atoms with Crippen LogP contribution in [0, 0.1) is 13.8 Å². The van der Waals surface area contributed by atoms with E-state index in [9.17, 15) is 19.2 Å². The molecule has 2 aromatic carbocycles. The van der Waals surface area contributed by atoms with E-state index in [4.69, 9.17) is 22.1 Å². The third-order valence-electron chi connectivity index (χ3n) is 6.97. The van der Waals surface area contributed by atoms with Crippen molar-refractivity contribution in [3.63, 3.8) is 0 Å². The maximum atomic E-state index is 14.4. The number of nitrogens with two attached hydrogens (primary N) is 1. The molecule has 0 bridgehead atoms. The first kappa shape index (κ1) is 35.6. The Balaban J connectivity index is 2.59. The van der Waals surface area contributed by atoms with Crippen molar-refractivity contribution in [2.24, 2.45) is 5.73 Å². The van der Waals surface area contributed by atoms with Crippen LogP contribution in [-0.4, -0.2) is 46.9 Å². The second-order valence-corrected chi connectivity index (χ2v) is 12.2. The fourth-order valence-electron chi connectivity index (χ4n) is 4.77. The molecule has 0 heterocycles. The minimum Gasteiger partial charge on any atom is -0.444 e. The van der Waals surface area contributed by atoms with Crippen LogP contribution in [0.1, 0.15) is 95.4 Å². The third kappa shape index (κ3) is 11.5. The van der Waals surface area contributed by atoms with E-state index >= 15 is 0 Å². The lowest BCUT2D eigenvalue weighted by Gasteiger charge is -2.35. The number of carbonyl (C=O) groups is 4. The summed E-state index contributed by atoms with van der Waals surface area (Å²) < 4.78 is 5.42. The van der Waals surface area contributed by atoms with Gasteiger partial charge in [0.1, 0.15) is 17.7 Å². The van der Waals surface area contributed by atoms with E-state index in [-0.39, 0.29) is 19.4 Å². The Morgan fingerprint density at radius 2 is 1.60 bits per heavy atom. The van der Waals surface area contributed by atoms with Gasteiger partial charge in [-0.1, -0.05) is 80.6 Å². The molecule has 0 aromatic heterocycles. The fraction of sp³-hybridized carbons (Fsp3) is 0.515. The molecule has 0 aliphatic rings. The molecule has 236 valence electrons. The minimum absolute atomic E-state index is 0.0501. The summed E-state index contributed by atoms with van der Waals surface area (Å²) in [6.45, 7) is 11.2. The molecule has 10 heteroatoms. The van der Waals surface area contributed by atoms with Crippen LogP contribution in [0.2, 0.25) is 5.02 Å². The summed E-state index contributed by atoms with van der Waals surface area (Å²) in [5.74, 6) is -1.57. The van der Waals surface area contributed by atoms with E-state index in [1.165, 1.54) is 4.90 Å². The fourth-order valence-corrected chi connectivity index (χ4v) is 5.04. The number of para-hydroxylation sites is 1. The smallest absolute Gasteiger partial charge is 0.408 e. The lowest BCUT2D eigenvalue weighted by molar-refractivity contribution is -0.141. The number of nitrogens with one attached hydrogen (secondary N) is 2. The Morgan fingerprint density at radius 3 is 2.21 bits per heavy atom. The zero-order valence-corrected chi connectivity index (χ0v) is 27.1. The molecule has 0 aliphatic heterocycles. The predicted molar refractivity (Wildman–Crippen MR) is 171 cm³/mol. The number of nitrogens with zero attached hydrogens (tertiary/aromatic N) is 1. The van der Waals surface area contributed by atoms with Gasteiger partial charge < -0.3 is 26.0 Å². The molecule has 2 aromatic rings. The Kier molecular flexibility index (Phi) is 14.0. The molecule has 4 amide bonds. The number of anilines is 1. The summed E-state index contributed by atoms with van der Waals surface area (Å²) in [6, 6.07) is 10.5. The highest BCUT2D eigenvalue weighted by atomic mass is 35.5. The standard InChI is InChI=1S/C33H47ClN4O5/c1-7-8-9-10-13-21-38(31(41)26(19-20-27(35)39)36-32(42)43-33(4,5)6)29(24-17-12-11-15-22(24)2)30(40)37-28-23(3)16-14-18-25(28)34/h11-12,14-18,26,29H,7-10,13,19-21H2,1-6H3,(H2,35,39)(H,36,42)(H,37,40). The minimum atomic E-state index is -1.15. The van der Waals surface area contributed by atoms with Gasteiger partial charge >= 0.3 is 6.09 Å². The number of hydrogen-bond acceptors (Lipinski definition) is 5. The van der Waals surface area contributed by atoms with Crippen molar-refractivity contribution >= 4 is 41.1 Å². The first-order valence-corrected chi connectivity index (χ1v) is 15.3. The van der Waals surface area contributed by atoms with E-state index in [1.54, 1.807) is 32.9 Å². The second kappa shape index (κ2) is 16.9. The van der Waals surface area contributed by atoms with Crippen LogP contribution in [-0.2, 0) is 19.1 Å². The van der Waals surface area contributed by atoms with Crippen molar-refractivity contribution in [1.29, 1.82) is 0 Å². The van der Waals surface area contributed by atoms with Crippen molar-refractivity contribution in [2.75, 3.05) is 11.9 Å². The largest absolute Gasteiger partial charge is 0.444 e. The Hall–Kier alpha value is -3.59. The molecular formula is C33H47ClN4O5. The van der Waals surface area contributed by atoms with Crippen molar-refractivity contribution in [1.82, 2.24) is 10.2 Å². The number of amides is 4. The first-order chi connectivity index (χ1) is 20.2. The summed E-state index contributed by atoms with van der Waals surface area (Å²) in [6.07, 6.45) is 3.60. The van der Waals surface area contributed by atoms with Crippen LogP contribution in [0.5, 0.6) is 0 Å². The number of aryl methyl sites for hydroxylation is 2. The molecule has 0 radical (unpaired) electrons. The van der Waals surface area contributed by atoms with Gasteiger partial charge in [0.15, 0.2) is 0 Å². The highest BCUT2D eigenvalue weighted by Gasteiger charge is 2.37. The van der Waals surface area contributed by atoms with Gasteiger partial charge in [-0.2, -0.15) is 0 Å². The van der Waals surface area contributed by atoms with Crippen LogP contribution in [0.3, 0.4) is 0 Å². The molecule has 0 spiro atoms. The Labute approximate surface area is 260 Å². The molecule has 4 N–H and O–H groups in total. The number of unbranched alkanes of at least 4 members (excludes halogenated alkanes) is 4. The number of carbonyl (C=O) groups excluding carboxylic acids is 4. The number of benzene rings is 2. The van der Waals surface area contributed by atoms with Gasteiger partial charge in [0, 0.05) is 13.0 Å². The van der Waals surface area contributed by atoms with Crippen LogP contribution in [0.25, 0.3) is 0 Å². The molecule has 0 saturated carbocycles. The average Bonchev–Trinajstić information content (AvgIpc) is 2.91. The zero-order chi connectivity index (χ0) is 32.2. The first-order valence-electron chi connectivity index (χ1n) is 14.9. The summed E-state index contributed by atoms with van der Waals surface area (Å²) in [4.78, 5) is 54.6. The van der Waals surface area contributed by atoms with E-state index in [2.05, 4.69) is 17.6 Å². The molecule has 0 saturated heterocycles. The number of primary amides is 1. The van der Waals surface area contributed by atoms with Crippen molar-refractivity contribution in [2.45, 2.75) is 104 Å². The molecular weight excluding hydrogens is 568 g/mol. The number of alkyl carbamates (subject to hydrolysis) is 1. The van der Waals surface area contributed by atoms with E-state index < -0.39 is 41.5 Å². The monoisotopic (exact) mass is 614 g/mol. The van der Waals surface area contributed by atoms with Crippen LogP contribution in [0.4, 0.5) is 10.5 Å². The average molecular weight is 615 g/mol. The molecule has 2 unspecified atom stereocenters. The Bertz CT molecular complexity index is 1240. The second-order valence-electron chi connectivity index (χ2n) is 11.8. The van der Waals surface area contributed by atoms with Crippen molar-refractivity contribution in [3.05, 3.63) is 64.2 Å². The van der Waals surface area contributed by atoms with Gasteiger partial charge in [0.2, 0.25) is 11.8 Å². The highest BCUT2D eigenvalue weighted by molar-refractivity contribution is 6.34. The molecule has 0 aliphatic carbocycles. The summed E-state index contributed by atoms with van der Waals surface area (Å²) >= 11 is 6.46. The highest BCUT2D eigenvalue weighted by Crippen LogP contribution is 2.31. The maximum Gasteiger partial charge on any atom is 0.408 e. The van der Waals surface area contributed by atoms with Crippen LogP contribution in [0.15, 0.2) is 42.5 Å². The van der Waals surface area contributed by atoms with Crippen LogP contribution < -0.4 is 16.4 Å². The lowest BCUT2D eigenvalue weighted by atomic mass is 9.96. The lowest BCUT2D eigenvalue weighted by Crippen LogP contribution is -2.53. The van der Waals surface area contributed by atoms with Gasteiger partial charge in [0.05, 0.1) is 10.7 Å². The van der Waals surface area contributed by atoms with E-state index in [0.29, 0.717) is 22.7 Å². The molecule has 9 nitrogen and oxygen atoms in total. The van der Waals surface area contributed by atoms with E-state index in [0.717, 1.165) is 36.8 Å². The third-order valence-corrected chi connectivity index (χ3v) is 7.28. The van der Waals surface area contributed by atoms with E-state index in [1.807, 2.05) is 44.2 Å². The number of ether oxygens (including phenoxy) is 1. The van der Waals surface area contributed by atoms with Gasteiger partial charge in [-0.15, -0.1) is 0 Å². The number of halogens is 1. The van der Waals surface area contributed by atoms with Crippen molar-refractivity contribution in [3.8, 4) is 0 Å². The molecule has 2 rings (SSSR count). The van der Waals surface area contributed by atoms with Crippen molar-refractivity contribution < 1.29 is 23.9 Å². The van der Waals surface area contributed by atoms with Gasteiger partial charge in [-0.05, 0) is 70.2 Å².